The number of hydrogen-bond donors (Lipinski definition) is 0. The monoisotopic (exact) mass is 478 g/mol. The molecular formula is C25H29Cl2PTi. The molecule has 0 amide bonds. The molecule has 0 nitrogen and oxygen atoms in total. The topological polar surface area (TPSA) is 0 Å². The molecule has 0 aliphatic rings. The van der Waals surface area contributed by atoms with Crippen molar-refractivity contribution in [3.05, 3.63) is 78.4 Å². The number of aryl methyl sites for hydroxylation is 1. The molecule has 152 valence electrons. The van der Waals surface area contributed by atoms with Crippen LogP contribution in [0.3, 0.4) is 0 Å². The van der Waals surface area contributed by atoms with Gasteiger partial charge in [-0.25, -0.2) is 0 Å². The second kappa shape index (κ2) is 12.9. The van der Waals surface area contributed by atoms with E-state index in [0.717, 1.165) is 11.3 Å². The molecule has 0 saturated carbocycles. The molecule has 4 aromatic rings. The van der Waals surface area contributed by atoms with Crippen molar-refractivity contribution < 1.29 is 46.5 Å². The van der Waals surface area contributed by atoms with Gasteiger partial charge in [0.2, 0.25) is 0 Å². The zero-order chi connectivity index (χ0) is 18.7. The van der Waals surface area contributed by atoms with E-state index >= 15 is 0 Å². The molecule has 0 aliphatic heterocycles. The normalized spacial score (nSPS) is 10.3. The summed E-state index contributed by atoms with van der Waals surface area (Å²) in [6, 6.07) is 26.3. The summed E-state index contributed by atoms with van der Waals surface area (Å²) in [7, 11) is -0.0206. The van der Waals surface area contributed by atoms with Gasteiger partial charge in [-0.2, -0.15) is 12.1 Å². The van der Waals surface area contributed by atoms with E-state index in [0.29, 0.717) is 0 Å². The van der Waals surface area contributed by atoms with E-state index in [9.17, 15) is 0 Å². The fourth-order valence-corrected chi connectivity index (χ4v) is 6.74. The Morgan fingerprint density at radius 2 is 1.14 bits per heavy atom. The molecule has 0 N–H and O–H groups in total. The Morgan fingerprint density at radius 3 is 1.59 bits per heavy atom. The second-order valence-electron chi connectivity index (χ2n) is 7.60. The van der Waals surface area contributed by atoms with E-state index in [4.69, 9.17) is 0 Å². The molecule has 0 heterocycles. The summed E-state index contributed by atoms with van der Waals surface area (Å²) in [5, 5.41) is 7.05. The molecule has 0 aromatic heterocycles. The van der Waals surface area contributed by atoms with E-state index < -0.39 is 0 Å². The van der Waals surface area contributed by atoms with Crippen LogP contribution in [0, 0.1) is 6.92 Å². The van der Waals surface area contributed by atoms with Crippen LogP contribution >= 0.6 is 7.92 Å². The number of hydrogen-bond acceptors (Lipinski definition) is 0. The Bertz CT molecular complexity index is 911. The van der Waals surface area contributed by atoms with Gasteiger partial charge in [0.1, 0.15) is 0 Å². The number of benzene rings is 2. The van der Waals surface area contributed by atoms with Gasteiger partial charge in [-0.15, -0.1) is 80.9 Å². The van der Waals surface area contributed by atoms with Crippen molar-refractivity contribution in [3.8, 4) is 0 Å². The summed E-state index contributed by atoms with van der Waals surface area (Å²) in [6.45, 7) is 11.5. The van der Waals surface area contributed by atoms with Crippen molar-refractivity contribution in [2.45, 2.75) is 45.9 Å². The van der Waals surface area contributed by atoms with E-state index in [1.54, 1.807) is 5.30 Å². The van der Waals surface area contributed by atoms with E-state index in [1.807, 2.05) is 0 Å². The van der Waals surface area contributed by atoms with E-state index in [-0.39, 0.29) is 54.5 Å². The summed E-state index contributed by atoms with van der Waals surface area (Å²) >= 11 is 0. The summed E-state index contributed by atoms with van der Waals surface area (Å²) in [5.74, 6) is 0. The Labute approximate surface area is 204 Å². The maximum absolute atomic E-state index is 2.39. The fourth-order valence-electron chi connectivity index (χ4n) is 3.78. The molecule has 0 radical (unpaired) electrons. The third-order valence-corrected chi connectivity index (χ3v) is 7.86. The molecule has 4 aromatic carbocycles. The zero-order valence-electron chi connectivity index (χ0n) is 17.8. The summed E-state index contributed by atoms with van der Waals surface area (Å²) in [5.41, 5.74) is 2.89. The summed E-state index contributed by atoms with van der Waals surface area (Å²) < 4.78 is 0. The van der Waals surface area contributed by atoms with Gasteiger partial charge in [0.25, 0.3) is 0 Å². The minimum atomic E-state index is -0.0206. The molecular weight excluding hydrogens is 450 g/mol. The molecule has 0 unspecified atom stereocenters. The minimum absolute atomic E-state index is 0. The average Bonchev–Trinajstić information content (AvgIpc) is 3.16. The van der Waals surface area contributed by atoms with Crippen LogP contribution in [0.1, 0.15) is 33.3 Å². The van der Waals surface area contributed by atoms with Crippen LogP contribution in [-0.2, 0) is 21.7 Å². The van der Waals surface area contributed by atoms with E-state index in [1.165, 1.54) is 27.1 Å². The van der Waals surface area contributed by atoms with Crippen LogP contribution in [0.15, 0.2) is 72.8 Å². The van der Waals surface area contributed by atoms with Crippen molar-refractivity contribution in [1.29, 1.82) is 0 Å². The van der Waals surface area contributed by atoms with Gasteiger partial charge in [-0.1, -0.05) is 54.7 Å². The summed E-state index contributed by atoms with van der Waals surface area (Å²) in [6.07, 6.45) is 0. The van der Waals surface area contributed by atoms with Crippen molar-refractivity contribution >= 4 is 34.8 Å². The SMILES string of the molecule is CC(C)P(c1cc2ccccc2[cH-]1)C(C)C.Cc1cc2ccccc2[cH-]1.[Cl-].[Cl-].[Ti+4]. The molecule has 0 atom stereocenters. The van der Waals surface area contributed by atoms with Crippen LogP contribution < -0.4 is 30.1 Å². The van der Waals surface area contributed by atoms with Crippen LogP contribution in [-0.4, -0.2) is 11.3 Å². The Hall–Kier alpha value is -0.616. The van der Waals surface area contributed by atoms with Crippen molar-refractivity contribution in [1.82, 2.24) is 0 Å². The minimum Gasteiger partial charge on any atom is -1.00 e. The molecule has 4 rings (SSSR count). The number of halogens is 2. The number of fused-ring (bicyclic) bond motifs is 2. The van der Waals surface area contributed by atoms with Crippen LogP contribution in [0.25, 0.3) is 21.5 Å². The first-order valence-electron chi connectivity index (χ1n) is 9.51. The first-order valence-corrected chi connectivity index (χ1v) is 11.0. The van der Waals surface area contributed by atoms with Gasteiger partial charge in [0.05, 0.1) is 0 Å². The average molecular weight is 479 g/mol. The van der Waals surface area contributed by atoms with Gasteiger partial charge in [0.15, 0.2) is 0 Å². The number of rotatable bonds is 3. The molecule has 29 heavy (non-hydrogen) atoms. The van der Waals surface area contributed by atoms with Gasteiger partial charge in [0, 0.05) is 0 Å². The predicted octanol–water partition coefficient (Wildman–Crippen LogP) is 1.36. The van der Waals surface area contributed by atoms with Crippen molar-refractivity contribution in [2.75, 3.05) is 0 Å². The smallest absolute Gasteiger partial charge is 1.00 e. The fraction of sp³-hybridized carbons (Fsp3) is 0.280. The zero-order valence-corrected chi connectivity index (χ0v) is 21.8. The quantitative estimate of drug-likeness (QED) is 0.237. The van der Waals surface area contributed by atoms with E-state index in [2.05, 4.69) is 107 Å². The van der Waals surface area contributed by atoms with Crippen molar-refractivity contribution in [3.63, 3.8) is 0 Å². The van der Waals surface area contributed by atoms with Crippen molar-refractivity contribution in [2.24, 2.45) is 0 Å². The van der Waals surface area contributed by atoms with Crippen LogP contribution in [0.2, 0.25) is 0 Å². The molecule has 0 bridgehead atoms. The third kappa shape index (κ3) is 7.24. The van der Waals surface area contributed by atoms with Crippen LogP contribution in [0.5, 0.6) is 0 Å². The molecule has 0 spiro atoms. The molecule has 0 aliphatic carbocycles. The Morgan fingerprint density at radius 1 is 0.690 bits per heavy atom. The summed E-state index contributed by atoms with van der Waals surface area (Å²) in [4.78, 5) is 0. The molecule has 0 fully saturated rings. The third-order valence-electron chi connectivity index (χ3n) is 4.78. The van der Waals surface area contributed by atoms with Gasteiger partial charge < -0.3 is 24.8 Å². The Balaban J connectivity index is 0.000000528. The van der Waals surface area contributed by atoms with Gasteiger partial charge in [-0.05, 0) is 11.3 Å². The largest absolute Gasteiger partial charge is 4.00 e. The maximum atomic E-state index is 2.39. The Kier molecular flexibility index (Phi) is 12.7. The van der Waals surface area contributed by atoms with Crippen LogP contribution in [0.4, 0.5) is 0 Å². The second-order valence-corrected chi connectivity index (χ2v) is 11.0. The maximum Gasteiger partial charge on any atom is 4.00 e. The first-order chi connectivity index (χ1) is 12.5. The predicted molar refractivity (Wildman–Crippen MR) is 121 cm³/mol. The standard InChI is InChI=1S/C15H20P.C10H9.2ClH.Ti/c1-11(2)16(12(3)4)15-9-13-7-5-6-8-14(13)10-15;1-8-6-9-4-2-3-5-10(9)7-8;;;/h5-12H,1-4H3;2-7H,1H3;2*1H;/q2*-1;;;+4/p-2. The first kappa shape index (κ1) is 28.4. The van der Waals surface area contributed by atoms with Gasteiger partial charge in [-0.3, -0.25) is 0 Å². The molecule has 4 heteroatoms. The van der Waals surface area contributed by atoms with Gasteiger partial charge >= 0.3 is 21.7 Å². The molecule has 0 saturated heterocycles.